The zero-order valence-electron chi connectivity index (χ0n) is 35.9. The number of fused-ring (bicyclic) bond motifs is 2. The Morgan fingerprint density at radius 2 is 0.804 bits per heavy atom. The van der Waals surface area contributed by atoms with Crippen molar-refractivity contribution in [2.24, 2.45) is 0 Å². The Morgan fingerprint density at radius 1 is 0.446 bits per heavy atom. The first-order chi connectivity index (χ1) is 26.5. The average molecular weight is 832 g/mol. The van der Waals surface area contributed by atoms with Crippen LogP contribution in [0.15, 0.2) is 69.5 Å². The number of rotatable bonds is 6. The van der Waals surface area contributed by atoms with E-state index in [1.54, 1.807) is 0 Å². The van der Waals surface area contributed by atoms with Crippen molar-refractivity contribution in [1.29, 1.82) is 0 Å². The normalized spacial score (nSPS) is 15.9. The van der Waals surface area contributed by atoms with Gasteiger partial charge < -0.3 is 0 Å². The summed E-state index contributed by atoms with van der Waals surface area (Å²) >= 11 is -2.71. The van der Waals surface area contributed by atoms with E-state index in [1.165, 1.54) is 111 Å². The van der Waals surface area contributed by atoms with Crippen molar-refractivity contribution >= 4 is 28.7 Å². The van der Waals surface area contributed by atoms with Gasteiger partial charge in [-0.25, -0.2) is 0 Å². The van der Waals surface area contributed by atoms with Crippen molar-refractivity contribution in [3.05, 3.63) is 162 Å². The molecule has 2 nitrogen and oxygen atoms in total. The SMILES string of the molecule is Cc1cc(C2=Cc3c(ccc(C)c3-c3cc(C)c(C)c(C)c3)[CH]2[Zr]([CH]2C(c3cc(C)c(C)o3)=Cc3c2ccc(C)c3-c2cc(C)c(C)c(C)c2)=[Si](C)C)oc1C. The second-order valence-corrected chi connectivity index (χ2v) is 35.1. The van der Waals surface area contributed by atoms with Gasteiger partial charge in [0.05, 0.1) is 0 Å². The Balaban J connectivity index is 1.42. The van der Waals surface area contributed by atoms with Crippen LogP contribution < -0.4 is 0 Å². The molecule has 2 aliphatic rings. The van der Waals surface area contributed by atoms with Gasteiger partial charge in [-0.3, -0.25) is 0 Å². The van der Waals surface area contributed by atoms with E-state index in [4.69, 9.17) is 8.83 Å². The van der Waals surface area contributed by atoms with Crippen LogP contribution in [0.2, 0.25) is 13.1 Å². The molecule has 0 saturated heterocycles. The Kier molecular flexibility index (Phi) is 10.0. The molecular weight excluding hydrogens is 776 g/mol. The molecule has 0 saturated carbocycles. The molecule has 0 bridgehead atoms. The van der Waals surface area contributed by atoms with Gasteiger partial charge in [0.2, 0.25) is 0 Å². The van der Waals surface area contributed by atoms with E-state index in [-0.39, 0.29) is 0 Å². The van der Waals surface area contributed by atoms with Crippen LogP contribution in [0.3, 0.4) is 0 Å². The zero-order chi connectivity index (χ0) is 40.1. The number of furan rings is 2. The number of hydrogen-bond acceptors (Lipinski definition) is 2. The molecule has 4 aromatic carbocycles. The summed E-state index contributed by atoms with van der Waals surface area (Å²) in [7, 11) is 0. The fourth-order valence-electron chi connectivity index (χ4n) is 9.51. The maximum absolute atomic E-state index is 6.75. The Labute approximate surface area is 343 Å². The van der Waals surface area contributed by atoms with E-state index in [1.807, 2.05) is 0 Å². The molecule has 2 heterocycles. The molecule has 8 rings (SSSR count). The summed E-state index contributed by atoms with van der Waals surface area (Å²) in [5, 5.41) is 0. The van der Waals surface area contributed by atoms with Gasteiger partial charge in [0.15, 0.2) is 0 Å². The predicted octanol–water partition coefficient (Wildman–Crippen LogP) is 14.7. The monoisotopic (exact) mass is 830 g/mol. The Hall–Kier alpha value is -3.98. The molecule has 0 spiro atoms. The molecule has 0 radical (unpaired) electrons. The maximum atomic E-state index is 6.75. The van der Waals surface area contributed by atoms with Gasteiger partial charge in [0.1, 0.15) is 0 Å². The van der Waals surface area contributed by atoms with Crippen molar-refractivity contribution in [2.75, 3.05) is 0 Å². The molecule has 284 valence electrons. The fraction of sp³-hybridized carbons (Fsp3) is 0.308. The van der Waals surface area contributed by atoms with Crippen LogP contribution in [0.5, 0.6) is 0 Å². The van der Waals surface area contributed by atoms with Gasteiger partial charge in [-0.05, 0) is 0 Å². The van der Waals surface area contributed by atoms with Crippen molar-refractivity contribution in [1.82, 2.24) is 0 Å². The summed E-state index contributed by atoms with van der Waals surface area (Å²) in [6.07, 6.45) is 5.10. The van der Waals surface area contributed by atoms with Gasteiger partial charge in [0, 0.05) is 0 Å². The van der Waals surface area contributed by atoms with Crippen LogP contribution in [-0.2, 0) is 20.4 Å². The molecular formula is C52H56O2SiZr. The predicted molar refractivity (Wildman–Crippen MR) is 237 cm³/mol. The van der Waals surface area contributed by atoms with E-state index >= 15 is 0 Å². The summed E-state index contributed by atoms with van der Waals surface area (Å²) in [6.45, 7) is 32.0. The third-order valence-electron chi connectivity index (χ3n) is 13.4. The molecule has 0 fully saturated rings. The van der Waals surface area contributed by atoms with E-state index in [0.29, 0.717) is 7.25 Å². The van der Waals surface area contributed by atoms with Gasteiger partial charge in [-0.2, -0.15) is 0 Å². The third-order valence-corrected chi connectivity index (χ3v) is 32.6. The number of aryl methyl sites for hydroxylation is 10. The van der Waals surface area contributed by atoms with Crippen LogP contribution in [0.25, 0.3) is 45.6 Å². The Bertz CT molecular complexity index is 2470. The van der Waals surface area contributed by atoms with Crippen LogP contribution >= 0.6 is 0 Å². The average Bonchev–Trinajstić information content (AvgIpc) is 3.89. The van der Waals surface area contributed by atoms with Crippen molar-refractivity contribution in [2.45, 2.75) is 103 Å². The van der Waals surface area contributed by atoms with E-state index in [0.717, 1.165) is 23.0 Å². The third kappa shape index (κ3) is 6.31. The second-order valence-electron chi connectivity index (χ2n) is 17.2. The minimum absolute atomic E-state index is 0.332. The molecule has 6 aromatic rings. The first kappa shape index (κ1) is 38.9. The molecule has 2 unspecified atom stereocenters. The summed E-state index contributed by atoms with van der Waals surface area (Å²) in [4.78, 5) is 0. The number of hydrogen-bond donors (Lipinski definition) is 0. The summed E-state index contributed by atoms with van der Waals surface area (Å²) in [5.74, 6) is 4.12. The molecule has 4 heteroatoms. The van der Waals surface area contributed by atoms with Crippen LogP contribution in [0, 0.1) is 83.1 Å². The molecule has 2 atom stereocenters. The van der Waals surface area contributed by atoms with E-state index in [2.05, 4.69) is 169 Å². The first-order valence-corrected chi connectivity index (χ1v) is 29.3. The fourth-order valence-corrected chi connectivity index (χ4v) is 29.3. The van der Waals surface area contributed by atoms with E-state index in [9.17, 15) is 0 Å². The zero-order valence-corrected chi connectivity index (χ0v) is 39.4. The minimum atomic E-state index is -2.71. The number of allylic oxidation sites excluding steroid dienone is 2. The van der Waals surface area contributed by atoms with Gasteiger partial charge in [0.25, 0.3) is 0 Å². The van der Waals surface area contributed by atoms with Crippen LogP contribution in [0.4, 0.5) is 0 Å². The number of benzene rings is 4. The van der Waals surface area contributed by atoms with Crippen LogP contribution in [-0.4, -0.2) is 5.43 Å². The molecule has 0 aliphatic heterocycles. The molecule has 56 heavy (non-hydrogen) atoms. The Morgan fingerprint density at radius 3 is 1.11 bits per heavy atom. The summed E-state index contributed by atoms with van der Waals surface area (Å²) in [5.41, 5.74) is 26.4. The standard InChI is InChI=1S/2C25H25O.C2H6Si.Zr/c2*1-14-7-8-20-12-21(24-11-17(4)19(6)26-24)13-23(20)25(14)22-9-15(2)18(5)16(3)10-22;1-3-2;/h2*7-13H,1-6H3;1-2H3;. The van der Waals surface area contributed by atoms with Crippen molar-refractivity contribution < 1.29 is 29.2 Å². The van der Waals surface area contributed by atoms with Crippen molar-refractivity contribution in [3.63, 3.8) is 0 Å². The van der Waals surface area contributed by atoms with Gasteiger partial charge in [-0.1, -0.05) is 0 Å². The molecule has 2 aliphatic carbocycles. The van der Waals surface area contributed by atoms with Crippen molar-refractivity contribution in [3.8, 4) is 22.3 Å². The molecule has 2 aromatic heterocycles. The van der Waals surface area contributed by atoms with Crippen LogP contribution in [0.1, 0.15) is 108 Å². The first-order valence-electron chi connectivity index (χ1n) is 20.2. The van der Waals surface area contributed by atoms with Gasteiger partial charge >= 0.3 is 345 Å². The van der Waals surface area contributed by atoms with Gasteiger partial charge in [-0.15, -0.1) is 0 Å². The topological polar surface area (TPSA) is 26.3 Å². The summed E-state index contributed by atoms with van der Waals surface area (Å²) < 4.78 is 14.2. The second kappa shape index (κ2) is 14.4. The molecule has 0 N–H and O–H groups in total. The molecule has 0 amide bonds. The quantitative estimate of drug-likeness (QED) is 0.156. The van der Waals surface area contributed by atoms with E-state index < -0.39 is 25.8 Å². The summed E-state index contributed by atoms with van der Waals surface area (Å²) in [6, 6.07) is 24.1.